The van der Waals surface area contributed by atoms with Crippen molar-refractivity contribution in [2.45, 2.75) is 0 Å². The minimum atomic E-state index is 0.258. The van der Waals surface area contributed by atoms with E-state index in [9.17, 15) is 5.11 Å². The second kappa shape index (κ2) is 6.85. The lowest BCUT2D eigenvalue weighted by atomic mass is 10.1. The zero-order chi connectivity index (χ0) is 20.8. The molecule has 5 heteroatoms. The fourth-order valence-corrected chi connectivity index (χ4v) is 4.02. The highest BCUT2D eigenvalue weighted by Gasteiger charge is 2.08. The highest BCUT2D eigenvalue weighted by molar-refractivity contribution is 5.76. The van der Waals surface area contributed by atoms with Crippen molar-refractivity contribution in [1.29, 1.82) is 0 Å². The summed E-state index contributed by atoms with van der Waals surface area (Å²) in [7, 11) is 0. The molecule has 0 saturated carbocycles. The lowest BCUT2D eigenvalue weighted by Crippen LogP contribution is -2.10. The third-order valence-corrected chi connectivity index (χ3v) is 5.47. The Morgan fingerprint density at radius 2 is 1.03 bits per heavy atom. The van der Waals surface area contributed by atoms with Gasteiger partial charge < -0.3 is 25.0 Å². The number of aromatic nitrogens is 4. The van der Waals surface area contributed by atoms with Crippen molar-refractivity contribution in [3.05, 3.63) is 111 Å². The van der Waals surface area contributed by atoms with Crippen LogP contribution in [0, 0.1) is 0 Å². The molecule has 0 aliphatic carbocycles. The van der Waals surface area contributed by atoms with Crippen molar-refractivity contribution in [1.82, 2.24) is 19.9 Å². The smallest absolute Gasteiger partial charge is 0.115 e. The number of fused-ring (bicyclic) bond motifs is 8. The average Bonchev–Trinajstić information content (AvgIpc) is 3.54. The Morgan fingerprint density at radius 3 is 1.65 bits per heavy atom. The van der Waals surface area contributed by atoms with Gasteiger partial charge in [0.25, 0.3) is 0 Å². The lowest BCUT2D eigenvalue weighted by molar-refractivity contribution is 0.475. The summed E-state index contributed by atoms with van der Waals surface area (Å²) in [6, 6.07) is 21.9. The van der Waals surface area contributed by atoms with Gasteiger partial charge in [-0.25, -0.2) is 0 Å². The van der Waals surface area contributed by atoms with E-state index in [2.05, 4.69) is 86.7 Å². The molecule has 0 spiro atoms. The molecule has 1 aliphatic heterocycles. The summed E-state index contributed by atoms with van der Waals surface area (Å²) in [6.07, 6.45) is 8.39. The number of hydrogen-bond donors (Lipinski definition) is 5. The molecule has 1 aromatic carbocycles. The van der Waals surface area contributed by atoms with Crippen LogP contribution in [0.4, 0.5) is 0 Å². The minimum absolute atomic E-state index is 0.258. The SMILES string of the molecule is Oc1ccc(-c2cc3[nH]c2C=c2ccc([nH]2)=Cc2ccc([nH]2)C=c2ccc([nH]2)=C3)cc1. The summed E-state index contributed by atoms with van der Waals surface area (Å²) in [4.78, 5) is 13.9. The number of phenolic OH excluding ortho intramolecular Hbond substituents is 1. The predicted octanol–water partition coefficient (Wildman–Crippen LogP) is 2.00. The molecule has 5 N–H and O–H groups in total. The second-order valence-electron chi connectivity index (χ2n) is 7.78. The van der Waals surface area contributed by atoms with Crippen molar-refractivity contribution in [3.63, 3.8) is 0 Å². The van der Waals surface area contributed by atoms with E-state index in [0.29, 0.717) is 0 Å². The Kier molecular flexibility index (Phi) is 3.86. The molecule has 6 rings (SSSR count). The molecule has 8 bridgehead atoms. The van der Waals surface area contributed by atoms with E-state index >= 15 is 0 Å². The zero-order valence-electron chi connectivity index (χ0n) is 16.6. The van der Waals surface area contributed by atoms with Crippen molar-refractivity contribution in [3.8, 4) is 16.9 Å². The van der Waals surface area contributed by atoms with Gasteiger partial charge in [-0.1, -0.05) is 12.1 Å². The van der Waals surface area contributed by atoms with Crippen molar-refractivity contribution < 1.29 is 5.11 Å². The first kappa shape index (κ1) is 17.5. The van der Waals surface area contributed by atoms with E-state index in [0.717, 1.165) is 55.3 Å². The normalized spacial score (nSPS) is 12.4. The van der Waals surface area contributed by atoms with Gasteiger partial charge in [-0.05, 0) is 84.5 Å². The molecule has 0 saturated heterocycles. The molecule has 5 nitrogen and oxygen atoms in total. The van der Waals surface area contributed by atoms with Crippen LogP contribution in [-0.2, 0) is 0 Å². The monoisotopic (exact) mass is 404 g/mol. The quantitative estimate of drug-likeness (QED) is 0.285. The van der Waals surface area contributed by atoms with Gasteiger partial charge in [-0.2, -0.15) is 0 Å². The molecule has 31 heavy (non-hydrogen) atoms. The van der Waals surface area contributed by atoms with Crippen LogP contribution >= 0.6 is 0 Å². The number of hydrogen-bond acceptors (Lipinski definition) is 1. The molecule has 5 aromatic rings. The Bertz CT molecular complexity index is 1640. The van der Waals surface area contributed by atoms with Gasteiger partial charge in [0.1, 0.15) is 5.75 Å². The third-order valence-electron chi connectivity index (χ3n) is 5.47. The van der Waals surface area contributed by atoms with E-state index in [1.54, 1.807) is 12.1 Å². The predicted molar refractivity (Wildman–Crippen MR) is 123 cm³/mol. The van der Waals surface area contributed by atoms with Crippen molar-refractivity contribution in [2.24, 2.45) is 0 Å². The number of H-pyrrole nitrogens is 4. The maximum absolute atomic E-state index is 9.69. The van der Waals surface area contributed by atoms with Crippen LogP contribution in [0.1, 0.15) is 22.8 Å². The molecule has 0 unspecified atom stereocenters. The largest absolute Gasteiger partial charge is 0.508 e. The van der Waals surface area contributed by atoms with Gasteiger partial charge in [0.2, 0.25) is 0 Å². The topological polar surface area (TPSA) is 83.4 Å². The average molecular weight is 404 g/mol. The molecule has 0 atom stereocenters. The number of phenols is 1. The first-order valence-electron chi connectivity index (χ1n) is 10.2. The maximum Gasteiger partial charge on any atom is 0.115 e. The molecular formula is C26H20N4O. The lowest BCUT2D eigenvalue weighted by Gasteiger charge is -2.00. The van der Waals surface area contributed by atoms with Gasteiger partial charge in [0.05, 0.1) is 0 Å². The molecule has 4 aromatic heterocycles. The first-order chi connectivity index (χ1) is 15.2. The Balaban J connectivity index is 1.62. The molecular weight excluding hydrogens is 384 g/mol. The summed E-state index contributed by atoms with van der Waals surface area (Å²) in [5.41, 5.74) is 6.19. The van der Waals surface area contributed by atoms with Crippen LogP contribution in [0.2, 0.25) is 0 Å². The van der Waals surface area contributed by atoms with E-state index < -0.39 is 0 Å². The van der Waals surface area contributed by atoms with Crippen LogP contribution in [-0.4, -0.2) is 25.0 Å². The number of aromatic hydroxyl groups is 1. The number of benzene rings is 1. The van der Waals surface area contributed by atoms with E-state index in [1.807, 2.05) is 12.1 Å². The fraction of sp³-hybridized carbons (Fsp3) is 0. The summed E-state index contributed by atoms with van der Waals surface area (Å²) in [5, 5.41) is 13.8. The molecule has 0 radical (unpaired) electrons. The molecule has 0 amide bonds. The molecule has 1 aliphatic rings. The van der Waals surface area contributed by atoms with Gasteiger partial charge in [0.15, 0.2) is 0 Å². The standard InChI is InChI=1S/C26H20N4O/c31-24-9-1-16(2-10-24)25-14-23-13-21-6-5-19(28-21)11-17-3-4-18(27-17)12-20-7-8-22(29-20)15-26(25)30-23/h1-15,27-31H. The summed E-state index contributed by atoms with van der Waals surface area (Å²) < 4.78 is 0. The second-order valence-corrected chi connectivity index (χ2v) is 7.78. The highest BCUT2D eigenvalue weighted by atomic mass is 16.3. The summed E-state index contributed by atoms with van der Waals surface area (Å²) in [5.74, 6) is 0.258. The van der Waals surface area contributed by atoms with Gasteiger partial charge in [-0.3, -0.25) is 0 Å². The van der Waals surface area contributed by atoms with Crippen LogP contribution in [0.5, 0.6) is 5.75 Å². The molecule has 0 fully saturated rings. The van der Waals surface area contributed by atoms with Crippen LogP contribution in [0.15, 0.2) is 66.7 Å². The van der Waals surface area contributed by atoms with E-state index in [-0.39, 0.29) is 5.75 Å². The minimum Gasteiger partial charge on any atom is -0.508 e. The number of rotatable bonds is 1. The Hall–Kier alpha value is -4.38. The zero-order valence-corrected chi connectivity index (χ0v) is 16.6. The van der Waals surface area contributed by atoms with Crippen LogP contribution in [0.25, 0.3) is 35.4 Å². The van der Waals surface area contributed by atoms with E-state index in [1.165, 1.54) is 0 Å². The van der Waals surface area contributed by atoms with Crippen molar-refractivity contribution in [2.75, 3.05) is 0 Å². The molecule has 5 heterocycles. The number of nitrogens with one attached hydrogen (secondary N) is 4. The Labute approximate surface area is 177 Å². The third kappa shape index (κ3) is 3.42. The fourth-order valence-electron chi connectivity index (χ4n) is 4.02. The number of aromatic amines is 4. The maximum atomic E-state index is 9.69. The first-order valence-corrected chi connectivity index (χ1v) is 10.2. The Morgan fingerprint density at radius 1 is 0.484 bits per heavy atom. The van der Waals surface area contributed by atoms with Gasteiger partial charge in [-0.15, -0.1) is 0 Å². The van der Waals surface area contributed by atoms with Gasteiger partial charge >= 0.3 is 0 Å². The van der Waals surface area contributed by atoms with Crippen LogP contribution in [0.3, 0.4) is 0 Å². The highest BCUT2D eigenvalue weighted by Crippen LogP contribution is 2.27. The van der Waals surface area contributed by atoms with E-state index in [4.69, 9.17) is 0 Å². The molecule has 150 valence electrons. The summed E-state index contributed by atoms with van der Waals surface area (Å²) >= 11 is 0. The van der Waals surface area contributed by atoms with Crippen molar-refractivity contribution >= 4 is 24.3 Å². The summed E-state index contributed by atoms with van der Waals surface area (Å²) in [6.45, 7) is 0. The van der Waals surface area contributed by atoms with Crippen LogP contribution < -0.4 is 21.4 Å². The van der Waals surface area contributed by atoms with Gasteiger partial charge in [0, 0.05) is 49.7 Å².